The summed E-state index contributed by atoms with van der Waals surface area (Å²) in [5.41, 5.74) is 0.784. The van der Waals surface area contributed by atoms with Gasteiger partial charge in [0.25, 0.3) is 0 Å². The summed E-state index contributed by atoms with van der Waals surface area (Å²) in [5, 5.41) is 19.4. The van der Waals surface area contributed by atoms with Gasteiger partial charge in [0, 0.05) is 11.9 Å². The Morgan fingerprint density at radius 3 is 2.80 bits per heavy atom. The van der Waals surface area contributed by atoms with Crippen molar-refractivity contribution in [3.63, 3.8) is 0 Å². The first-order valence-corrected chi connectivity index (χ1v) is 4.69. The third-order valence-corrected chi connectivity index (χ3v) is 2.43. The number of phenolic OH excluding ortho intramolecular Hbond substituents is 1. The predicted octanol–water partition coefficient (Wildman–Crippen LogP) is 2.06. The smallest absolute Gasteiger partial charge is 0.352 e. The second-order valence-electron chi connectivity index (χ2n) is 3.29. The highest BCUT2D eigenvalue weighted by atomic mass is 16.4. The summed E-state index contributed by atoms with van der Waals surface area (Å²) in [6.45, 7) is 2.36. The fraction of sp³-hybridized carbons (Fsp3) is 0.182. The number of carbonyl (C=O) groups is 1. The minimum Gasteiger partial charge on any atom is -0.506 e. The summed E-state index contributed by atoms with van der Waals surface area (Å²) in [5.74, 6) is -0.866. The Morgan fingerprint density at radius 1 is 1.47 bits per heavy atom. The molecule has 0 atom stereocenters. The maximum atomic E-state index is 11.0. The number of para-hydroxylation sites is 1. The second-order valence-corrected chi connectivity index (χ2v) is 3.29. The number of rotatable bonds is 2. The van der Waals surface area contributed by atoms with Crippen LogP contribution in [-0.2, 0) is 6.54 Å². The predicted molar refractivity (Wildman–Crippen MR) is 56.2 cm³/mol. The Labute approximate surface area is 86.4 Å². The van der Waals surface area contributed by atoms with Crippen molar-refractivity contribution in [3.05, 3.63) is 30.0 Å². The van der Waals surface area contributed by atoms with E-state index < -0.39 is 5.97 Å². The van der Waals surface area contributed by atoms with E-state index in [1.165, 1.54) is 0 Å². The molecule has 0 radical (unpaired) electrons. The van der Waals surface area contributed by atoms with Gasteiger partial charge in [-0.05, 0) is 19.1 Å². The van der Waals surface area contributed by atoms with Crippen LogP contribution in [0.25, 0.3) is 10.9 Å². The number of phenols is 1. The number of nitrogens with zero attached hydrogens (tertiary/aromatic N) is 1. The Hall–Kier alpha value is -1.97. The van der Waals surface area contributed by atoms with Gasteiger partial charge in [0.1, 0.15) is 11.4 Å². The average Bonchev–Trinajstić information content (AvgIpc) is 2.57. The highest BCUT2D eigenvalue weighted by Crippen LogP contribution is 2.27. The number of fused-ring (bicyclic) bond motifs is 1. The van der Waals surface area contributed by atoms with Gasteiger partial charge in [0.05, 0.1) is 5.52 Å². The SMILES string of the molecule is CCn1c(C(=O)O)cc2cccc(O)c21. The number of benzene rings is 1. The van der Waals surface area contributed by atoms with Crippen molar-refractivity contribution in [1.82, 2.24) is 4.57 Å². The largest absolute Gasteiger partial charge is 0.506 e. The van der Waals surface area contributed by atoms with E-state index in [1.807, 2.05) is 6.92 Å². The number of aromatic hydroxyl groups is 1. The minimum absolute atomic E-state index is 0.113. The molecule has 0 amide bonds. The van der Waals surface area contributed by atoms with Crippen molar-refractivity contribution < 1.29 is 15.0 Å². The van der Waals surface area contributed by atoms with Crippen LogP contribution in [0.15, 0.2) is 24.3 Å². The summed E-state index contributed by atoms with van der Waals surface area (Å²) >= 11 is 0. The Bertz CT molecular complexity index is 528. The fourth-order valence-electron chi connectivity index (χ4n) is 1.81. The quantitative estimate of drug-likeness (QED) is 0.788. The summed E-state index contributed by atoms with van der Waals surface area (Å²) < 4.78 is 1.59. The summed E-state index contributed by atoms with van der Waals surface area (Å²) in [6.07, 6.45) is 0. The number of aryl methyl sites for hydroxylation is 1. The number of aromatic carboxylic acids is 1. The molecule has 0 bridgehead atoms. The van der Waals surface area contributed by atoms with Gasteiger partial charge < -0.3 is 14.8 Å². The molecule has 2 N–H and O–H groups in total. The fourth-order valence-corrected chi connectivity index (χ4v) is 1.81. The molecule has 0 saturated carbocycles. The second kappa shape index (κ2) is 3.31. The molecular formula is C11H11NO3. The summed E-state index contributed by atoms with van der Waals surface area (Å²) in [4.78, 5) is 11.0. The van der Waals surface area contributed by atoms with Gasteiger partial charge in [-0.2, -0.15) is 0 Å². The molecule has 4 heteroatoms. The lowest BCUT2D eigenvalue weighted by Gasteiger charge is -2.05. The zero-order chi connectivity index (χ0) is 11.0. The molecule has 2 rings (SSSR count). The van der Waals surface area contributed by atoms with E-state index in [4.69, 9.17) is 5.11 Å². The molecular weight excluding hydrogens is 194 g/mol. The number of carboxylic acids is 1. The van der Waals surface area contributed by atoms with E-state index in [0.717, 1.165) is 5.39 Å². The third-order valence-electron chi connectivity index (χ3n) is 2.43. The van der Waals surface area contributed by atoms with Crippen LogP contribution in [0.3, 0.4) is 0 Å². The summed E-state index contributed by atoms with van der Waals surface area (Å²) in [6, 6.07) is 6.61. The lowest BCUT2D eigenvalue weighted by atomic mass is 10.2. The van der Waals surface area contributed by atoms with E-state index in [1.54, 1.807) is 28.8 Å². The van der Waals surface area contributed by atoms with Crippen LogP contribution in [0, 0.1) is 0 Å². The van der Waals surface area contributed by atoms with Crippen LogP contribution >= 0.6 is 0 Å². The molecule has 0 aliphatic rings. The van der Waals surface area contributed by atoms with Crippen molar-refractivity contribution >= 4 is 16.9 Å². The monoisotopic (exact) mass is 205 g/mol. The lowest BCUT2D eigenvalue weighted by Crippen LogP contribution is -2.06. The maximum absolute atomic E-state index is 11.0. The number of aromatic nitrogens is 1. The molecule has 1 aromatic carbocycles. The first kappa shape index (κ1) is 9.58. The number of carboxylic acid groups (broad SMARTS) is 1. The third kappa shape index (κ3) is 1.34. The van der Waals surface area contributed by atoms with Crippen LogP contribution in [0.1, 0.15) is 17.4 Å². The Kier molecular flexibility index (Phi) is 2.11. The molecule has 78 valence electrons. The first-order chi connectivity index (χ1) is 7.15. The normalized spacial score (nSPS) is 10.7. The molecule has 0 fully saturated rings. The van der Waals surface area contributed by atoms with E-state index in [9.17, 15) is 9.90 Å². The van der Waals surface area contributed by atoms with Crippen LogP contribution in [0.5, 0.6) is 5.75 Å². The van der Waals surface area contributed by atoms with Gasteiger partial charge >= 0.3 is 5.97 Å². The van der Waals surface area contributed by atoms with E-state index in [-0.39, 0.29) is 11.4 Å². The molecule has 1 heterocycles. The Morgan fingerprint density at radius 2 is 2.20 bits per heavy atom. The van der Waals surface area contributed by atoms with Gasteiger partial charge in [0.15, 0.2) is 0 Å². The van der Waals surface area contributed by atoms with Crippen LogP contribution in [-0.4, -0.2) is 20.7 Å². The minimum atomic E-state index is -0.979. The molecule has 0 aliphatic heterocycles. The molecule has 0 aliphatic carbocycles. The standard InChI is InChI=1S/C11H11NO3/c1-2-12-8(11(14)15)6-7-4-3-5-9(13)10(7)12/h3-6,13H,2H2,1H3,(H,14,15). The maximum Gasteiger partial charge on any atom is 0.352 e. The zero-order valence-corrected chi connectivity index (χ0v) is 8.27. The van der Waals surface area contributed by atoms with Gasteiger partial charge in [0.2, 0.25) is 0 Å². The lowest BCUT2D eigenvalue weighted by molar-refractivity contribution is 0.0686. The van der Waals surface area contributed by atoms with Gasteiger partial charge in [-0.3, -0.25) is 0 Å². The Balaban J connectivity index is 2.86. The molecule has 0 spiro atoms. The summed E-state index contributed by atoms with van der Waals surface area (Å²) in [7, 11) is 0. The van der Waals surface area contributed by atoms with E-state index in [0.29, 0.717) is 12.1 Å². The van der Waals surface area contributed by atoms with Crippen LogP contribution in [0.2, 0.25) is 0 Å². The molecule has 4 nitrogen and oxygen atoms in total. The van der Waals surface area contributed by atoms with Gasteiger partial charge in [-0.1, -0.05) is 12.1 Å². The van der Waals surface area contributed by atoms with Crippen molar-refractivity contribution in [3.8, 4) is 5.75 Å². The molecule has 0 unspecified atom stereocenters. The van der Waals surface area contributed by atoms with E-state index >= 15 is 0 Å². The van der Waals surface area contributed by atoms with Crippen LogP contribution < -0.4 is 0 Å². The van der Waals surface area contributed by atoms with Crippen molar-refractivity contribution in [2.75, 3.05) is 0 Å². The zero-order valence-electron chi connectivity index (χ0n) is 8.27. The molecule has 2 aromatic rings. The van der Waals surface area contributed by atoms with Crippen molar-refractivity contribution in [1.29, 1.82) is 0 Å². The molecule has 0 saturated heterocycles. The van der Waals surface area contributed by atoms with Crippen LogP contribution in [0.4, 0.5) is 0 Å². The topological polar surface area (TPSA) is 62.5 Å². The molecule has 1 aromatic heterocycles. The highest BCUT2D eigenvalue weighted by molar-refractivity contribution is 5.96. The van der Waals surface area contributed by atoms with Gasteiger partial charge in [-0.15, -0.1) is 0 Å². The van der Waals surface area contributed by atoms with Crippen molar-refractivity contribution in [2.45, 2.75) is 13.5 Å². The van der Waals surface area contributed by atoms with E-state index in [2.05, 4.69) is 0 Å². The number of hydrogen-bond donors (Lipinski definition) is 2. The highest BCUT2D eigenvalue weighted by Gasteiger charge is 2.15. The average molecular weight is 205 g/mol. The van der Waals surface area contributed by atoms with Crippen molar-refractivity contribution in [2.24, 2.45) is 0 Å². The first-order valence-electron chi connectivity index (χ1n) is 4.69. The molecule has 15 heavy (non-hydrogen) atoms. The van der Waals surface area contributed by atoms with Gasteiger partial charge in [-0.25, -0.2) is 4.79 Å². The number of hydrogen-bond acceptors (Lipinski definition) is 2.